The van der Waals surface area contributed by atoms with Crippen molar-refractivity contribution >= 4 is 11.8 Å². The summed E-state index contributed by atoms with van der Waals surface area (Å²) in [6.45, 7) is 0. The highest BCUT2D eigenvalue weighted by molar-refractivity contribution is 7.98. The third-order valence-corrected chi connectivity index (χ3v) is 2.06. The molecule has 1 rings (SSSR count). The zero-order chi connectivity index (χ0) is 9.30. The van der Waals surface area contributed by atoms with Crippen LogP contribution in [0.25, 0.3) is 0 Å². The maximum absolute atomic E-state index is 12.6. The SMILES string of the molecule is CSc1c(F)cc(F)c(F)c1F. The summed E-state index contributed by atoms with van der Waals surface area (Å²) in [6.07, 6.45) is 1.37. The highest BCUT2D eigenvalue weighted by atomic mass is 32.2. The first-order valence-electron chi connectivity index (χ1n) is 2.95. The summed E-state index contributed by atoms with van der Waals surface area (Å²) >= 11 is 0.688. The minimum Gasteiger partial charge on any atom is -0.206 e. The van der Waals surface area contributed by atoms with E-state index in [0.29, 0.717) is 17.8 Å². The van der Waals surface area contributed by atoms with Crippen LogP contribution in [0.1, 0.15) is 0 Å². The van der Waals surface area contributed by atoms with Crippen molar-refractivity contribution in [3.63, 3.8) is 0 Å². The van der Waals surface area contributed by atoms with Crippen molar-refractivity contribution in [1.29, 1.82) is 0 Å². The minimum absolute atomic E-state index is 0.324. The van der Waals surface area contributed by atoms with E-state index in [0.717, 1.165) is 0 Å². The normalized spacial score (nSPS) is 10.4. The van der Waals surface area contributed by atoms with Gasteiger partial charge in [0.05, 0.1) is 4.90 Å². The van der Waals surface area contributed by atoms with Gasteiger partial charge in [0, 0.05) is 6.07 Å². The first kappa shape index (κ1) is 9.38. The third-order valence-electron chi connectivity index (χ3n) is 1.28. The van der Waals surface area contributed by atoms with Crippen LogP contribution >= 0.6 is 11.8 Å². The fourth-order valence-corrected chi connectivity index (χ4v) is 1.26. The zero-order valence-corrected chi connectivity index (χ0v) is 6.81. The number of benzene rings is 1. The van der Waals surface area contributed by atoms with E-state index in [-0.39, 0.29) is 0 Å². The molecule has 0 N–H and O–H groups in total. The van der Waals surface area contributed by atoms with Gasteiger partial charge >= 0.3 is 0 Å². The average Bonchev–Trinajstić information content (AvgIpc) is 2.01. The van der Waals surface area contributed by atoms with Crippen molar-refractivity contribution in [2.24, 2.45) is 0 Å². The van der Waals surface area contributed by atoms with Crippen LogP contribution < -0.4 is 0 Å². The highest BCUT2D eigenvalue weighted by Gasteiger charge is 2.17. The summed E-state index contributed by atoms with van der Waals surface area (Å²) in [6, 6.07) is 0.324. The molecular formula is C7H4F4S. The Balaban J connectivity index is 3.40. The molecule has 0 unspecified atom stereocenters. The summed E-state index contributed by atoms with van der Waals surface area (Å²) in [5.74, 6) is -5.71. The molecule has 0 amide bonds. The van der Waals surface area contributed by atoms with Gasteiger partial charge in [0.1, 0.15) is 5.82 Å². The van der Waals surface area contributed by atoms with Gasteiger partial charge < -0.3 is 0 Å². The third kappa shape index (κ3) is 1.41. The first-order chi connectivity index (χ1) is 5.57. The quantitative estimate of drug-likeness (QED) is 0.288. The van der Waals surface area contributed by atoms with Gasteiger partial charge in [0.25, 0.3) is 0 Å². The van der Waals surface area contributed by atoms with E-state index in [1.807, 2.05) is 0 Å². The van der Waals surface area contributed by atoms with Crippen molar-refractivity contribution in [2.45, 2.75) is 4.90 Å². The van der Waals surface area contributed by atoms with E-state index in [9.17, 15) is 17.6 Å². The first-order valence-corrected chi connectivity index (χ1v) is 4.17. The van der Waals surface area contributed by atoms with E-state index in [1.54, 1.807) is 0 Å². The van der Waals surface area contributed by atoms with Crippen LogP contribution in [-0.2, 0) is 0 Å². The van der Waals surface area contributed by atoms with Gasteiger partial charge in [0.2, 0.25) is 0 Å². The highest BCUT2D eigenvalue weighted by Crippen LogP contribution is 2.26. The maximum Gasteiger partial charge on any atom is 0.195 e. The smallest absolute Gasteiger partial charge is 0.195 e. The molecule has 0 aliphatic rings. The molecule has 0 heterocycles. The average molecular weight is 196 g/mol. The zero-order valence-electron chi connectivity index (χ0n) is 6.00. The maximum atomic E-state index is 12.6. The van der Waals surface area contributed by atoms with Crippen molar-refractivity contribution in [2.75, 3.05) is 6.26 Å². The second-order valence-electron chi connectivity index (χ2n) is 2.00. The van der Waals surface area contributed by atoms with Gasteiger partial charge in [-0.05, 0) is 6.26 Å². The van der Waals surface area contributed by atoms with Gasteiger partial charge in [-0.15, -0.1) is 11.8 Å². The van der Waals surface area contributed by atoms with Gasteiger partial charge in [-0.2, -0.15) is 0 Å². The second kappa shape index (κ2) is 3.35. The Morgan fingerprint density at radius 2 is 1.58 bits per heavy atom. The number of hydrogen-bond acceptors (Lipinski definition) is 1. The van der Waals surface area contributed by atoms with Gasteiger partial charge in [-0.25, -0.2) is 17.6 Å². The van der Waals surface area contributed by atoms with Crippen LogP contribution in [0.5, 0.6) is 0 Å². The van der Waals surface area contributed by atoms with Crippen LogP contribution in [0.4, 0.5) is 17.6 Å². The number of thioether (sulfide) groups is 1. The molecule has 12 heavy (non-hydrogen) atoms. The van der Waals surface area contributed by atoms with Crippen molar-refractivity contribution in [3.8, 4) is 0 Å². The molecule has 0 aliphatic carbocycles. The molecule has 0 aliphatic heterocycles. The largest absolute Gasteiger partial charge is 0.206 e. The topological polar surface area (TPSA) is 0 Å². The molecule has 0 aromatic heterocycles. The summed E-state index contributed by atoms with van der Waals surface area (Å²) in [7, 11) is 0. The Bertz CT molecular complexity index is 311. The van der Waals surface area contributed by atoms with Crippen molar-refractivity contribution in [1.82, 2.24) is 0 Å². The Labute approximate surface area is 70.6 Å². The lowest BCUT2D eigenvalue weighted by Gasteiger charge is -2.02. The Morgan fingerprint density at radius 3 is 2.08 bits per heavy atom. The molecule has 5 heteroatoms. The predicted molar refractivity (Wildman–Crippen MR) is 38.1 cm³/mol. The monoisotopic (exact) mass is 196 g/mol. The lowest BCUT2D eigenvalue weighted by molar-refractivity contribution is 0.415. The number of rotatable bonds is 1. The summed E-state index contributed by atoms with van der Waals surface area (Å²) in [5, 5.41) is 0. The predicted octanol–water partition coefficient (Wildman–Crippen LogP) is 2.96. The van der Waals surface area contributed by atoms with E-state index in [4.69, 9.17) is 0 Å². The fraction of sp³-hybridized carbons (Fsp3) is 0.143. The molecule has 0 spiro atoms. The standard InChI is InChI=1S/C7H4F4S/c1-12-7-4(9)2-3(8)5(10)6(7)11/h2H,1H3. The summed E-state index contributed by atoms with van der Waals surface area (Å²) < 4.78 is 50.0. The van der Waals surface area contributed by atoms with Crippen molar-refractivity contribution < 1.29 is 17.6 Å². The second-order valence-corrected chi connectivity index (χ2v) is 2.82. The van der Waals surface area contributed by atoms with Crippen LogP contribution in [0.2, 0.25) is 0 Å². The molecular weight excluding hydrogens is 192 g/mol. The Morgan fingerprint density at radius 1 is 1.00 bits per heavy atom. The molecule has 1 aromatic rings. The molecule has 66 valence electrons. The van der Waals surface area contributed by atoms with Gasteiger partial charge in [-0.3, -0.25) is 0 Å². The lowest BCUT2D eigenvalue weighted by Crippen LogP contribution is -1.96. The van der Waals surface area contributed by atoms with Crippen LogP contribution in [0.3, 0.4) is 0 Å². The number of hydrogen-bond donors (Lipinski definition) is 0. The fourth-order valence-electron chi connectivity index (χ4n) is 0.737. The molecule has 0 saturated heterocycles. The van der Waals surface area contributed by atoms with Gasteiger partial charge in [0.15, 0.2) is 17.5 Å². The molecule has 0 radical (unpaired) electrons. The van der Waals surface area contributed by atoms with Crippen LogP contribution in [-0.4, -0.2) is 6.26 Å². The van der Waals surface area contributed by atoms with E-state index in [2.05, 4.69) is 0 Å². The summed E-state index contributed by atoms with van der Waals surface area (Å²) in [5.41, 5.74) is 0. The molecule has 0 fully saturated rings. The molecule has 0 saturated carbocycles. The van der Waals surface area contributed by atoms with Crippen LogP contribution in [0.15, 0.2) is 11.0 Å². The Hall–Kier alpha value is -0.710. The molecule has 0 atom stereocenters. The van der Waals surface area contributed by atoms with E-state index in [1.165, 1.54) is 6.26 Å². The number of halogens is 4. The van der Waals surface area contributed by atoms with Crippen molar-refractivity contribution in [3.05, 3.63) is 29.3 Å². The lowest BCUT2D eigenvalue weighted by atomic mass is 10.3. The van der Waals surface area contributed by atoms with E-state index < -0.39 is 28.2 Å². The minimum atomic E-state index is -1.64. The summed E-state index contributed by atoms with van der Waals surface area (Å²) in [4.78, 5) is -0.506. The van der Waals surface area contributed by atoms with E-state index >= 15 is 0 Å². The Kier molecular flexibility index (Phi) is 2.62. The molecule has 1 aromatic carbocycles. The molecule has 0 nitrogen and oxygen atoms in total. The van der Waals surface area contributed by atoms with Crippen LogP contribution in [0, 0.1) is 23.3 Å². The molecule has 0 bridgehead atoms. The van der Waals surface area contributed by atoms with Gasteiger partial charge in [-0.1, -0.05) is 0 Å².